The summed E-state index contributed by atoms with van der Waals surface area (Å²) in [6.07, 6.45) is 4.61. The Kier molecular flexibility index (Phi) is 6.79. The molecule has 0 spiro atoms. The van der Waals surface area contributed by atoms with E-state index in [0.29, 0.717) is 17.5 Å². The van der Waals surface area contributed by atoms with E-state index in [0.717, 1.165) is 25.3 Å². The molecule has 8 heteroatoms. The van der Waals surface area contributed by atoms with Gasteiger partial charge in [-0.2, -0.15) is 0 Å². The fraction of sp³-hybridized carbons (Fsp3) is 0.500. The number of phenols is 1. The van der Waals surface area contributed by atoms with Crippen LogP contribution in [0.15, 0.2) is 58.1 Å². The van der Waals surface area contributed by atoms with E-state index in [4.69, 9.17) is 0 Å². The maximum Gasteiger partial charge on any atom is 0.209 e. The van der Waals surface area contributed by atoms with Crippen LogP contribution in [0.1, 0.15) is 88.7 Å². The van der Waals surface area contributed by atoms with Crippen LogP contribution in [0.3, 0.4) is 0 Å². The van der Waals surface area contributed by atoms with Gasteiger partial charge in [0.05, 0.1) is 17.2 Å². The SMILES string of the molecule is CCC1=CCC(Cc2ccc3c(c2O)C(=O)C2=C(O)[C@@]4(O)C(=O)C(C(C)=O)=C(O)C(C(C)C)[C@@]4(C)[C@H](O)[C@@]2(C)[C@@H]3C)=C1. The molecule has 1 aromatic carbocycles. The highest BCUT2D eigenvalue weighted by Gasteiger charge is 2.76. The standard InChI is InChI=1S/C34H40O8/c1-8-18-9-10-19(13-18)14-20-11-12-21-16(4)32(6)25(28(38)23(21)26(20)36)30(40)34(42)29(39)22(17(5)35)27(37)24(15(2)3)33(34,7)31(32)41/h9,11-13,15-16,24,31,36-37,40-42H,8,10,14H2,1-7H3/t16-,24?,31-,32+,33+,34+/m1/s1. The third kappa shape index (κ3) is 3.45. The zero-order valence-electron chi connectivity index (χ0n) is 25.2. The number of rotatable bonds is 5. The average molecular weight is 577 g/mol. The summed E-state index contributed by atoms with van der Waals surface area (Å²) in [5.41, 5.74) is -4.15. The minimum absolute atomic E-state index is 0.0467. The van der Waals surface area contributed by atoms with Crippen molar-refractivity contribution in [3.8, 4) is 5.75 Å². The van der Waals surface area contributed by atoms with Crippen molar-refractivity contribution in [2.24, 2.45) is 22.7 Å². The van der Waals surface area contributed by atoms with Gasteiger partial charge in [0.1, 0.15) is 22.8 Å². The molecule has 224 valence electrons. The van der Waals surface area contributed by atoms with E-state index < -0.39 is 74.7 Å². The molecule has 6 atom stereocenters. The Hall–Kier alpha value is -3.49. The van der Waals surface area contributed by atoms with Crippen LogP contribution in [-0.2, 0) is 16.0 Å². The molecular formula is C34H40O8. The van der Waals surface area contributed by atoms with E-state index in [9.17, 15) is 39.9 Å². The molecule has 0 amide bonds. The summed E-state index contributed by atoms with van der Waals surface area (Å²) < 4.78 is 0. The monoisotopic (exact) mass is 576 g/mol. The van der Waals surface area contributed by atoms with Crippen molar-refractivity contribution in [2.45, 2.75) is 85.4 Å². The van der Waals surface area contributed by atoms with E-state index in [1.54, 1.807) is 39.8 Å². The molecular weight excluding hydrogens is 536 g/mol. The number of hydrogen-bond donors (Lipinski definition) is 5. The maximum absolute atomic E-state index is 14.3. The summed E-state index contributed by atoms with van der Waals surface area (Å²) in [5.74, 6) is -6.90. The highest BCUT2D eigenvalue weighted by molar-refractivity contribution is 6.25. The van der Waals surface area contributed by atoms with Crippen molar-refractivity contribution in [1.29, 1.82) is 0 Å². The van der Waals surface area contributed by atoms with Crippen LogP contribution in [0.5, 0.6) is 5.75 Å². The molecule has 4 aliphatic carbocycles. The van der Waals surface area contributed by atoms with E-state index in [2.05, 4.69) is 19.1 Å². The molecule has 0 aliphatic heterocycles. The Morgan fingerprint density at radius 1 is 1.12 bits per heavy atom. The second kappa shape index (κ2) is 9.51. The number of hydrogen-bond acceptors (Lipinski definition) is 8. The summed E-state index contributed by atoms with van der Waals surface area (Å²) >= 11 is 0. The van der Waals surface area contributed by atoms with E-state index in [1.165, 1.54) is 12.5 Å². The van der Waals surface area contributed by atoms with Crippen LogP contribution < -0.4 is 0 Å². The lowest BCUT2D eigenvalue weighted by atomic mass is 9.41. The summed E-state index contributed by atoms with van der Waals surface area (Å²) in [6, 6.07) is 3.52. The van der Waals surface area contributed by atoms with E-state index >= 15 is 0 Å². The predicted octanol–water partition coefficient (Wildman–Crippen LogP) is 5.09. The number of allylic oxidation sites excluding steroid dienone is 5. The number of Topliss-reactive ketones (excluding diaryl/α,β-unsaturated/α-hetero) is 3. The molecule has 8 nitrogen and oxygen atoms in total. The minimum atomic E-state index is -2.89. The van der Waals surface area contributed by atoms with Crippen LogP contribution in [0.4, 0.5) is 0 Å². The van der Waals surface area contributed by atoms with Crippen LogP contribution in [0.2, 0.25) is 0 Å². The number of aliphatic hydroxyl groups excluding tert-OH is 3. The largest absolute Gasteiger partial charge is 0.511 e. The Labute approximate surface area is 245 Å². The van der Waals surface area contributed by atoms with Crippen LogP contribution in [0.25, 0.3) is 0 Å². The number of phenolic OH excluding ortho intramolecular Hbond substituents is 1. The highest BCUT2D eigenvalue weighted by atomic mass is 16.4. The summed E-state index contributed by atoms with van der Waals surface area (Å²) in [6.45, 7) is 11.3. The molecule has 0 fully saturated rings. The second-order valence-corrected chi connectivity index (χ2v) is 13.2. The maximum atomic E-state index is 14.3. The molecule has 0 bridgehead atoms. The van der Waals surface area contributed by atoms with Crippen LogP contribution >= 0.6 is 0 Å². The number of ketones is 3. The van der Waals surface area contributed by atoms with Gasteiger partial charge in [-0.05, 0) is 49.1 Å². The number of aromatic hydroxyl groups is 1. The smallest absolute Gasteiger partial charge is 0.209 e. The molecule has 4 aliphatic rings. The number of carbonyl (C=O) groups is 3. The second-order valence-electron chi connectivity index (χ2n) is 13.2. The van der Waals surface area contributed by atoms with Gasteiger partial charge >= 0.3 is 0 Å². The van der Waals surface area contributed by atoms with Gasteiger partial charge in [-0.25, -0.2) is 0 Å². The summed E-state index contributed by atoms with van der Waals surface area (Å²) in [4.78, 5) is 40.8. The zero-order chi connectivity index (χ0) is 31.3. The van der Waals surface area contributed by atoms with Gasteiger partial charge in [0.15, 0.2) is 17.2 Å². The molecule has 0 saturated heterocycles. The number of benzene rings is 1. The van der Waals surface area contributed by atoms with Gasteiger partial charge < -0.3 is 25.5 Å². The third-order valence-electron chi connectivity index (χ3n) is 10.8. The lowest BCUT2D eigenvalue weighted by Crippen LogP contribution is -2.73. The van der Waals surface area contributed by atoms with Crippen molar-refractivity contribution < 1.29 is 39.9 Å². The average Bonchev–Trinajstić information content (AvgIpc) is 3.37. The van der Waals surface area contributed by atoms with Crippen molar-refractivity contribution in [2.75, 3.05) is 0 Å². The summed E-state index contributed by atoms with van der Waals surface area (Å²) in [7, 11) is 0. The van der Waals surface area contributed by atoms with Gasteiger partial charge in [0.2, 0.25) is 5.78 Å². The quantitative estimate of drug-likeness (QED) is 0.304. The molecule has 0 saturated carbocycles. The van der Waals surface area contributed by atoms with Crippen LogP contribution in [-0.4, -0.2) is 54.6 Å². The molecule has 5 rings (SSSR count). The molecule has 42 heavy (non-hydrogen) atoms. The zero-order valence-corrected chi connectivity index (χ0v) is 25.2. The van der Waals surface area contributed by atoms with Gasteiger partial charge in [-0.15, -0.1) is 0 Å². The van der Waals surface area contributed by atoms with Gasteiger partial charge in [0.25, 0.3) is 0 Å². The number of fused-ring (bicyclic) bond motifs is 3. The molecule has 1 aromatic rings. The fourth-order valence-electron chi connectivity index (χ4n) is 8.38. The third-order valence-corrected chi connectivity index (χ3v) is 10.8. The molecule has 0 aromatic heterocycles. The topological polar surface area (TPSA) is 152 Å². The van der Waals surface area contributed by atoms with Gasteiger partial charge in [-0.3, -0.25) is 14.4 Å². The van der Waals surface area contributed by atoms with Crippen molar-refractivity contribution in [3.05, 3.63) is 74.8 Å². The highest BCUT2D eigenvalue weighted by Crippen LogP contribution is 2.67. The van der Waals surface area contributed by atoms with E-state index in [-0.39, 0.29) is 16.9 Å². The Balaban J connectivity index is 1.76. The fourth-order valence-corrected chi connectivity index (χ4v) is 8.38. The van der Waals surface area contributed by atoms with Gasteiger partial charge in [-0.1, -0.05) is 77.0 Å². The van der Waals surface area contributed by atoms with Gasteiger partial charge in [0, 0.05) is 16.7 Å². The molecule has 0 radical (unpaired) electrons. The first-order valence-corrected chi connectivity index (χ1v) is 14.6. The van der Waals surface area contributed by atoms with Crippen molar-refractivity contribution >= 4 is 17.3 Å². The molecule has 1 unspecified atom stereocenters. The number of carbonyl (C=O) groups excluding carboxylic acids is 3. The lowest BCUT2D eigenvalue weighted by molar-refractivity contribution is -0.211. The van der Waals surface area contributed by atoms with Crippen molar-refractivity contribution in [3.63, 3.8) is 0 Å². The number of aliphatic hydroxyl groups is 4. The lowest BCUT2D eigenvalue weighted by Gasteiger charge is -2.63. The Bertz CT molecular complexity index is 1570. The molecule has 0 heterocycles. The Morgan fingerprint density at radius 3 is 2.31 bits per heavy atom. The first kappa shape index (κ1) is 30.0. The van der Waals surface area contributed by atoms with E-state index in [1.807, 2.05) is 0 Å². The van der Waals surface area contributed by atoms with Crippen molar-refractivity contribution in [1.82, 2.24) is 0 Å². The normalized spacial score (nSPS) is 34.3. The first-order valence-electron chi connectivity index (χ1n) is 14.6. The Morgan fingerprint density at radius 2 is 1.76 bits per heavy atom. The minimum Gasteiger partial charge on any atom is -0.511 e. The molecule has 5 N–H and O–H groups in total. The first-order chi connectivity index (χ1) is 19.5. The summed E-state index contributed by atoms with van der Waals surface area (Å²) in [5, 5.41) is 59.1. The van der Waals surface area contributed by atoms with Crippen LogP contribution in [0, 0.1) is 22.7 Å². The predicted molar refractivity (Wildman–Crippen MR) is 156 cm³/mol.